The fourth-order valence-electron chi connectivity index (χ4n) is 2.53. The molecule has 0 aromatic heterocycles. The van der Waals surface area contributed by atoms with Crippen LogP contribution in [0, 0.1) is 0 Å². The molecule has 3 heteroatoms. The molecule has 2 aromatic rings. The molecule has 3 N–H and O–H groups in total. The zero-order valence-corrected chi connectivity index (χ0v) is 14.1. The highest BCUT2D eigenvalue weighted by molar-refractivity contribution is 5.82. The van der Waals surface area contributed by atoms with Crippen molar-refractivity contribution in [3.05, 3.63) is 71.3 Å². The molecular formula is C20H26N2O. The van der Waals surface area contributed by atoms with E-state index in [2.05, 4.69) is 43.4 Å². The summed E-state index contributed by atoms with van der Waals surface area (Å²) in [6.45, 7) is 6.32. The summed E-state index contributed by atoms with van der Waals surface area (Å²) in [7, 11) is 0. The van der Waals surface area contributed by atoms with Gasteiger partial charge in [0.05, 0.1) is 12.1 Å². The highest BCUT2D eigenvalue weighted by Crippen LogP contribution is 2.18. The second-order valence-electron chi connectivity index (χ2n) is 6.35. The Labute approximate surface area is 138 Å². The van der Waals surface area contributed by atoms with Crippen molar-refractivity contribution in [3.8, 4) is 0 Å². The Morgan fingerprint density at radius 1 is 0.957 bits per heavy atom. The summed E-state index contributed by atoms with van der Waals surface area (Å²) in [5, 5.41) is 3.00. The third kappa shape index (κ3) is 4.93. The van der Waals surface area contributed by atoms with Crippen molar-refractivity contribution in [2.75, 3.05) is 0 Å². The van der Waals surface area contributed by atoms with Gasteiger partial charge in [-0.05, 0) is 36.0 Å². The molecule has 0 radical (unpaired) electrons. The van der Waals surface area contributed by atoms with Crippen LogP contribution >= 0.6 is 0 Å². The summed E-state index contributed by atoms with van der Waals surface area (Å²) in [5.74, 6) is 0.391. The molecule has 2 atom stereocenters. The molecule has 0 spiro atoms. The van der Waals surface area contributed by atoms with E-state index >= 15 is 0 Å². The van der Waals surface area contributed by atoms with Crippen LogP contribution in [-0.4, -0.2) is 11.9 Å². The van der Waals surface area contributed by atoms with Crippen molar-refractivity contribution in [2.24, 2.45) is 5.73 Å². The molecule has 0 saturated heterocycles. The quantitative estimate of drug-likeness (QED) is 0.857. The summed E-state index contributed by atoms with van der Waals surface area (Å²) in [6.07, 6.45) is 0.547. The van der Waals surface area contributed by atoms with Crippen LogP contribution in [0.2, 0.25) is 0 Å². The smallest absolute Gasteiger partial charge is 0.237 e. The molecule has 23 heavy (non-hydrogen) atoms. The molecule has 0 saturated carbocycles. The summed E-state index contributed by atoms with van der Waals surface area (Å²) in [5.41, 5.74) is 9.49. The van der Waals surface area contributed by atoms with Crippen LogP contribution in [0.3, 0.4) is 0 Å². The molecular weight excluding hydrogens is 284 g/mol. The van der Waals surface area contributed by atoms with Gasteiger partial charge >= 0.3 is 0 Å². The number of hydrogen-bond acceptors (Lipinski definition) is 2. The first-order valence-corrected chi connectivity index (χ1v) is 8.17. The average molecular weight is 310 g/mol. The molecule has 0 aliphatic carbocycles. The Balaban J connectivity index is 1.93. The largest absolute Gasteiger partial charge is 0.348 e. The number of nitrogens with one attached hydrogen (secondary N) is 1. The van der Waals surface area contributed by atoms with Crippen molar-refractivity contribution in [2.45, 2.75) is 45.2 Å². The molecule has 122 valence electrons. The number of carbonyl (C=O) groups is 1. The number of rotatable bonds is 6. The normalized spacial score (nSPS) is 13.6. The Bertz CT molecular complexity index is 620. The Hall–Kier alpha value is -2.13. The van der Waals surface area contributed by atoms with Crippen LogP contribution < -0.4 is 11.1 Å². The van der Waals surface area contributed by atoms with Crippen LogP contribution in [0.1, 0.15) is 49.4 Å². The first-order chi connectivity index (χ1) is 11.0. The van der Waals surface area contributed by atoms with E-state index in [1.54, 1.807) is 0 Å². The molecule has 0 fully saturated rings. The summed E-state index contributed by atoms with van der Waals surface area (Å²) in [6, 6.07) is 17.6. The number of carbonyl (C=O) groups excluding carboxylic acids is 1. The third-order valence-electron chi connectivity index (χ3n) is 4.10. The van der Waals surface area contributed by atoms with Crippen LogP contribution in [0.15, 0.2) is 54.6 Å². The standard InChI is InChI=1S/C20H26N2O/c1-14(2)17-9-11-18(12-10-17)15(3)22-20(23)19(21)13-16-7-5-4-6-8-16/h4-12,14-15,19H,13,21H2,1-3H3,(H,22,23)/t15?,19-/m0/s1. The van der Waals surface area contributed by atoms with E-state index in [1.165, 1.54) is 5.56 Å². The molecule has 2 rings (SSSR count). The average Bonchev–Trinajstić information content (AvgIpc) is 2.55. The van der Waals surface area contributed by atoms with Gasteiger partial charge in [-0.25, -0.2) is 0 Å². The van der Waals surface area contributed by atoms with Gasteiger partial charge in [-0.2, -0.15) is 0 Å². The van der Waals surface area contributed by atoms with Gasteiger partial charge in [0.1, 0.15) is 0 Å². The van der Waals surface area contributed by atoms with Crippen molar-refractivity contribution in [1.82, 2.24) is 5.32 Å². The van der Waals surface area contributed by atoms with Gasteiger partial charge < -0.3 is 11.1 Å². The van der Waals surface area contributed by atoms with Crippen molar-refractivity contribution in [1.29, 1.82) is 0 Å². The minimum Gasteiger partial charge on any atom is -0.348 e. The van der Waals surface area contributed by atoms with Gasteiger partial charge in [-0.3, -0.25) is 4.79 Å². The highest BCUT2D eigenvalue weighted by atomic mass is 16.2. The SMILES string of the molecule is CC(C)c1ccc(C(C)NC(=O)[C@@H](N)Cc2ccccc2)cc1. The van der Waals surface area contributed by atoms with E-state index in [9.17, 15) is 4.79 Å². The number of hydrogen-bond donors (Lipinski definition) is 2. The maximum atomic E-state index is 12.3. The zero-order chi connectivity index (χ0) is 16.8. The lowest BCUT2D eigenvalue weighted by Crippen LogP contribution is -2.42. The Morgan fingerprint density at radius 3 is 2.09 bits per heavy atom. The number of benzene rings is 2. The predicted molar refractivity (Wildman–Crippen MR) is 95.2 cm³/mol. The first-order valence-electron chi connectivity index (χ1n) is 8.17. The minimum absolute atomic E-state index is 0.0504. The van der Waals surface area contributed by atoms with Crippen molar-refractivity contribution < 1.29 is 4.79 Å². The van der Waals surface area contributed by atoms with Crippen LogP contribution in [0.5, 0.6) is 0 Å². The van der Waals surface area contributed by atoms with Gasteiger partial charge in [-0.1, -0.05) is 68.4 Å². The summed E-state index contributed by atoms with van der Waals surface area (Å²) < 4.78 is 0. The minimum atomic E-state index is -0.533. The molecule has 3 nitrogen and oxygen atoms in total. The van der Waals surface area contributed by atoms with E-state index < -0.39 is 6.04 Å². The second kappa shape index (κ2) is 7.93. The summed E-state index contributed by atoms with van der Waals surface area (Å²) in [4.78, 5) is 12.3. The lowest BCUT2D eigenvalue weighted by Gasteiger charge is -2.18. The van der Waals surface area contributed by atoms with E-state index in [1.807, 2.05) is 37.3 Å². The van der Waals surface area contributed by atoms with E-state index in [-0.39, 0.29) is 11.9 Å². The van der Waals surface area contributed by atoms with Gasteiger partial charge in [0.15, 0.2) is 0 Å². The molecule has 2 aromatic carbocycles. The third-order valence-corrected chi connectivity index (χ3v) is 4.10. The molecule has 0 aliphatic heterocycles. The molecule has 1 amide bonds. The van der Waals surface area contributed by atoms with Gasteiger partial charge in [0.25, 0.3) is 0 Å². The Morgan fingerprint density at radius 2 is 1.52 bits per heavy atom. The maximum Gasteiger partial charge on any atom is 0.237 e. The fraction of sp³-hybridized carbons (Fsp3) is 0.350. The highest BCUT2D eigenvalue weighted by Gasteiger charge is 2.17. The molecule has 0 bridgehead atoms. The molecule has 0 heterocycles. The van der Waals surface area contributed by atoms with Gasteiger partial charge in [0.2, 0.25) is 5.91 Å². The van der Waals surface area contributed by atoms with Crippen LogP contribution in [0.4, 0.5) is 0 Å². The first kappa shape index (κ1) is 17.2. The van der Waals surface area contributed by atoms with E-state index in [0.29, 0.717) is 12.3 Å². The summed E-state index contributed by atoms with van der Waals surface area (Å²) >= 11 is 0. The monoisotopic (exact) mass is 310 g/mol. The lowest BCUT2D eigenvalue weighted by molar-refractivity contribution is -0.123. The van der Waals surface area contributed by atoms with Crippen molar-refractivity contribution in [3.63, 3.8) is 0 Å². The lowest BCUT2D eigenvalue weighted by atomic mass is 9.99. The van der Waals surface area contributed by atoms with E-state index in [0.717, 1.165) is 11.1 Å². The molecule has 0 aliphatic rings. The predicted octanol–water partition coefficient (Wildman–Crippen LogP) is 3.56. The zero-order valence-electron chi connectivity index (χ0n) is 14.1. The maximum absolute atomic E-state index is 12.3. The van der Waals surface area contributed by atoms with Gasteiger partial charge in [0, 0.05) is 0 Å². The second-order valence-corrected chi connectivity index (χ2v) is 6.35. The van der Waals surface area contributed by atoms with E-state index in [4.69, 9.17) is 5.73 Å². The Kier molecular flexibility index (Phi) is 5.94. The fourth-order valence-corrected chi connectivity index (χ4v) is 2.53. The van der Waals surface area contributed by atoms with Crippen LogP contribution in [0.25, 0.3) is 0 Å². The van der Waals surface area contributed by atoms with Gasteiger partial charge in [-0.15, -0.1) is 0 Å². The number of amides is 1. The van der Waals surface area contributed by atoms with Crippen molar-refractivity contribution >= 4 is 5.91 Å². The molecule has 1 unspecified atom stereocenters. The topological polar surface area (TPSA) is 55.1 Å². The number of nitrogens with two attached hydrogens (primary N) is 1. The van der Waals surface area contributed by atoms with Crippen LogP contribution in [-0.2, 0) is 11.2 Å².